The number of anilines is 1. The van der Waals surface area contributed by atoms with E-state index >= 15 is 0 Å². The number of alkyl halides is 4. The quantitative estimate of drug-likeness (QED) is 0.197. The summed E-state index contributed by atoms with van der Waals surface area (Å²) in [5.74, 6) is -2.77. The van der Waals surface area contributed by atoms with Crippen molar-refractivity contribution in [2.24, 2.45) is 0 Å². The van der Waals surface area contributed by atoms with Gasteiger partial charge in [-0.05, 0) is 63.1 Å². The number of esters is 1. The van der Waals surface area contributed by atoms with Crippen molar-refractivity contribution in [2.75, 3.05) is 45.7 Å². The number of piperazine rings is 1. The smallest absolute Gasteiger partial charge is 0.419 e. The van der Waals surface area contributed by atoms with Crippen LogP contribution < -0.4 is 10.1 Å². The van der Waals surface area contributed by atoms with Gasteiger partial charge in [-0.25, -0.2) is 27.2 Å². The molecule has 2 aliphatic rings. The highest BCUT2D eigenvalue weighted by atomic mass is 19.3. The van der Waals surface area contributed by atoms with Crippen LogP contribution >= 0.6 is 0 Å². The first-order valence-corrected chi connectivity index (χ1v) is 15.6. The molecule has 1 atom stereocenters. The number of hydrogen-bond acceptors (Lipinski definition) is 8. The van der Waals surface area contributed by atoms with E-state index in [1.807, 2.05) is 19.1 Å². The lowest BCUT2D eigenvalue weighted by Crippen LogP contribution is -2.49. The van der Waals surface area contributed by atoms with Crippen molar-refractivity contribution in [3.63, 3.8) is 0 Å². The second-order valence-corrected chi connectivity index (χ2v) is 13.3. The number of fused-ring (bicyclic) bond motifs is 1. The summed E-state index contributed by atoms with van der Waals surface area (Å²) >= 11 is 0. The lowest BCUT2D eigenvalue weighted by atomic mass is 9.87. The topological polar surface area (TPSA) is 85.3 Å². The summed E-state index contributed by atoms with van der Waals surface area (Å²) in [4.78, 5) is 29.6. The minimum atomic E-state index is -2.77. The molecule has 1 aliphatic carbocycles. The van der Waals surface area contributed by atoms with Gasteiger partial charge in [-0.2, -0.15) is 0 Å². The predicted octanol–water partition coefficient (Wildman–Crippen LogP) is 6.86. The van der Waals surface area contributed by atoms with Gasteiger partial charge in [0.2, 0.25) is 0 Å². The Balaban J connectivity index is 1.54. The second-order valence-electron chi connectivity index (χ2n) is 13.3. The molecule has 1 aliphatic heterocycles. The van der Waals surface area contributed by atoms with Gasteiger partial charge in [0.25, 0.3) is 12.3 Å². The fourth-order valence-electron chi connectivity index (χ4n) is 6.48. The Bertz CT molecular complexity index is 1630. The average molecular weight is 663 g/mol. The number of methoxy groups -OCH3 is 2. The molecule has 5 rings (SSSR count). The fraction of sp³-hybridized carbons (Fsp3) is 0.529. The van der Waals surface area contributed by atoms with E-state index in [1.54, 1.807) is 57.2 Å². The zero-order valence-corrected chi connectivity index (χ0v) is 27.5. The summed E-state index contributed by atoms with van der Waals surface area (Å²) in [5.41, 5.74) is 2.87. The number of aromatic nitrogens is 1. The Morgan fingerprint density at radius 3 is 2.43 bits per heavy atom. The fourth-order valence-corrected chi connectivity index (χ4v) is 6.48. The number of halogens is 4. The van der Waals surface area contributed by atoms with Crippen molar-refractivity contribution in [2.45, 2.75) is 77.1 Å². The lowest BCUT2D eigenvalue weighted by Gasteiger charge is -2.42. The molecule has 2 aromatic carbocycles. The maximum atomic E-state index is 13.7. The molecule has 1 aromatic heterocycles. The summed E-state index contributed by atoms with van der Waals surface area (Å²) < 4.78 is 72.3. The van der Waals surface area contributed by atoms with Gasteiger partial charge in [-0.15, -0.1) is 0 Å². The standard InChI is InChI=1S/C34H42F4N4O5/c1-20-13-28(45-5)25(23-9-10-42(30(20)23)32(44)47-33(2,3)4)17-41-12-11-40(19-29(35)36)18-27(41)21-7-8-24(31(43)46-6)26(14-21)39-22-15-34(37,38)16-22/h7-10,13-14,22,27,29,39H,11-12,15-19H2,1-6H3/t27-/m0/s1. The molecule has 2 fully saturated rings. The van der Waals surface area contributed by atoms with Gasteiger partial charge >= 0.3 is 12.1 Å². The Morgan fingerprint density at radius 1 is 1.09 bits per heavy atom. The van der Waals surface area contributed by atoms with E-state index in [-0.39, 0.29) is 24.9 Å². The molecule has 13 heteroatoms. The molecule has 0 radical (unpaired) electrons. The molecule has 0 bridgehead atoms. The number of nitrogens with zero attached hydrogens (tertiary/aromatic N) is 3. The van der Waals surface area contributed by atoms with Crippen LogP contribution in [-0.2, 0) is 16.0 Å². The maximum absolute atomic E-state index is 13.7. The summed E-state index contributed by atoms with van der Waals surface area (Å²) in [6, 6.07) is 7.82. The van der Waals surface area contributed by atoms with Crippen LogP contribution in [0.4, 0.5) is 28.0 Å². The molecular formula is C34H42F4N4O5. The van der Waals surface area contributed by atoms with E-state index in [2.05, 4.69) is 10.2 Å². The molecule has 47 heavy (non-hydrogen) atoms. The van der Waals surface area contributed by atoms with E-state index in [9.17, 15) is 27.2 Å². The van der Waals surface area contributed by atoms with Gasteiger partial charge in [0.05, 0.1) is 31.8 Å². The highest BCUT2D eigenvalue weighted by Crippen LogP contribution is 2.41. The highest BCUT2D eigenvalue weighted by molar-refractivity contribution is 5.96. The van der Waals surface area contributed by atoms with E-state index < -0.39 is 48.6 Å². The van der Waals surface area contributed by atoms with Crippen molar-refractivity contribution < 1.29 is 41.4 Å². The molecule has 0 amide bonds. The molecule has 1 saturated heterocycles. The largest absolute Gasteiger partial charge is 0.496 e. The number of rotatable bonds is 9. The summed E-state index contributed by atoms with van der Waals surface area (Å²) in [6.45, 7) is 8.31. The molecular weight excluding hydrogens is 620 g/mol. The van der Waals surface area contributed by atoms with Crippen molar-refractivity contribution in [1.29, 1.82) is 0 Å². The SMILES string of the molecule is COC(=O)c1ccc([C@@H]2CN(CC(F)F)CCN2Cc2c(OC)cc(C)c3c2ccn3C(=O)OC(C)(C)C)cc1NC1CC(F)(F)C1. The third kappa shape index (κ3) is 7.67. The van der Waals surface area contributed by atoms with Crippen LogP contribution in [0, 0.1) is 6.92 Å². The normalized spacial score (nSPS) is 19.1. The Labute approximate surface area is 271 Å². The molecule has 0 spiro atoms. The van der Waals surface area contributed by atoms with Gasteiger partial charge in [0.1, 0.15) is 11.4 Å². The van der Waals surface area contributed by atoms with Gasteiger partial charge in [-0.1, -0.05) is 6.07 Å². The van der Waals surface area contributed by atoms with Gasteiger partial charge < -0.3 is 19.5 Å². The molecule has 1 N–H and O–H groups in total. The number of aryl methyl sites for hydroxylation is 1. The monoisotopic (exact) mass is 662 g/mol. The third-order valence-corrected chi connectivity index (χ3v) is 8.66. The first-order valence-electron chi connectivity index (χ1n) is 15.6. The molecule has 3 aromatic rings. The highest BCUT2D eigenvalue weighted by Gasteiger charge is 2.45. The molecule has 1 saturated carbocycles. The lowest BCUT2D eigenvalue weighted by molar-refractivity contribution is -0.0793. The number of benzene rings is 2. The van der Waals surface area contributed by atoms with E-state index in [1.165, 1.54) is 11.7 Å². The van der Waals surface area contributed by atoms with Crippen LogP contribution in [0.3, 0.4) is 0 Å². The second kappa shape index (κ2) is 13.3. The maximum Gasteiger partial charge on any atom is 0.419 e. The van der Waals surface area contributed by atoms with Crippen molar-refractivity contribution in [3.05, 3.63) is 58.8 Å². The number of nitrogens with one attached hydrogen (secondary N) is 1. The van der Waals surface area contributed by atoms with Crippen LogP contribution in [0.5, 0.6) is 5.75 Å². The van der Waals surface area contributed by atoms with Crippen LogP contribution in [-0.4, -0.2) is 90.8 Å². The zero-order chi connectivity index (χ0) is 34.3. The Kier molecular flexibility index (Phi) is 9.79. The first-order chi connectivity index (χ1) is 22.1. The zero-order valence-electron chi connectivity index (χ0n) is 27.5. The van der Waals surface area contributed by atoms with Gasteiger partial charge in [0, 0.05) is 73.9 Å². The number of ether oxygens (including phenoxy) is 3. The minimum absolute atomic E-state index is 0.198. The molecule has 9 nitrogen and oxygen atoms in total. The van der Waals surface area contributed by atoms with Crippen LogP contribution in [0.15, 0.2) is 36.5 Å². The number of carbonyl (C=O) groups excluding carboxylic acids is 2. The van der Waals surface area contributed by atoms with Crippen LogP contribution in [0.2, 0.25) is 0 Å². The van der Waals surface area contributed by atoms with Crippen molar-refractivity contribution in [1.82, 2.24) is 14.4 Å². The van der Waals surface area contributed by atoms with Crippen molar-refractivity contribution in [3.8, 4) is 5.75 Å². The summed E-state index contributed by atoms with van der Waals surface area (Å²) in [5, 5.41) is 3.87. The van der Waals surface area contributed by atoms with Crippen LogP contribution in [0.25, 0.3) is 10.9 Å². The van der Waals surface area contributed by atoms with E-state index in [0.717, 1.165) is 22.1 Å². The Hall–Kier alpha value is -3.84. The van der Waals surface area contributed by atoms with E-state index in [4.69, 9.17) is 14.2 Å². The van der Waals surface area contributed by atoms with Gasteiger partial charge in [-0.3, -0.25) is 14.4 Å². The first kappa shape index (κ1) is 34.5. The molecule has 0 unspecified atom stereocenters. The molecule has 2 heterocycles. The minimum Gasteiger partial charge on any atom is -0.496 e. The summed E-state index contributed by atoms with van der Waals surface area (Å²) in [7, 11) is 2.81. The summed E-state index contributed by atoms with van der Waals surface area (Å²) in [6.07, 6.45) is -2.09. The predicted molar refractivity (Wildman–Crippen MR) is 170 cm³/mol. The van der Waals surface area contributed by atoms with Crippen LogP contribution in [0.1, 0.15) is 66.7 Å². The van der Waals surface area contributed by atoms with Crippen molar-refractivity contribution >= 4 is 28.7 Å². The number of carbonyl (C=O) groups is 2. The van der Waals surface area contributed by atoms with E-state index in [0.29, 0.717) is 36.6 Å². The molecule has 256 valence electrons. The third-order valence-electron chi connectivity index (χ3n) is 8.66. The van der Waals surface area contributed by atoms with Gasteiger partial charge in [0.15, 0.2) is 0 Å². The Morgan fingerprint density at radius 2 is 1.81 bits per heavy atom. The average Bonchev–Trinajstić information content (AvgIpc) is 3.43. The number of hydrogen-bond donors (Lipinski definition) is 1.